The van der Waals surface area contributed by atoms with Gasteiger partial charge in [0, 0.05) is 25.2 Å². The zero-order chi connectivity index (χ0) is 27.2. The first-order valence-corrected chi connectivity index (χ1v) is 11.7. The number of aliphatic hydroxyl groups excluding tert-OH is 2. The van der Waals surface area contributed by atoms with Crippen LogP contribution >= 0.6 is 0 Å². The summed E-state index contributed by atoms with van der Waals surface area (Å²) < 4.78 is 46.1. The largest absolute Gasteiger partial charge is 0.457 e. The van der Waals surface area contributed by atoms with Crippen molar-refractivity contribution in [3.05, 3.63) is 77.5 Å². The van der Waals surface area contributed by atoms with Gasteiger partial charge in [0.2, 0.25) is 0 Å². The van der Waals surface area contributed by atoms with Crippen molar-refractivity contribution in [2.75, 3.05) is 40.3 Å². The van der Waals surface area contributed by atoms with Crippen LogP contribution in [0.15, 0.2) is 60.7 Å². The summed E-state index contributed by atoms with van der Waals surface area (Å²) in [6.07, 6.45) is -5.71. The van der Waals surface area contributed by atoms with Gasteiger partial charge in [-0.05, 0) is 75.6 Å². The van der Waals surface area contributed by atoms with Gasteiger partial charge < -0.3 is 24.7 Å². The number of aromatic nitrogens is 1. The van der Waals surface area contributed by atoms with Crippen LogP contribution in [0, 0.1) is 0 Å². The maximum absolute atomic E-state index is 13.4. The molecule has 1 amide bonds. The predicted molar refractivity (Wildman–Crippen MR) is 133 cm³/mol. The van der Waals surface area contributed by atoms with Gasteiger partial charge in [0.25, 0.3) is 5.91 Å². The third-order valence-corrected chi connectivity index (χ3v) is 5.69. The van der Waals surface area contributed by atoms with Crippen molar-refractivity contribution >= 4 is 5.91 Å². The Labute approximate surface area is 213 Å². The molecule has 3 rings (SSSR count). The van der Waals surface area contributed by atoms with Crippen molar-refractivity contribution in [3.63, 3.8) is 0 Å². The number of halogens is 3. The van der Waals surface area contributed by atoms with Crippen molar-refractivity contribution in [1.82, 2.24) is 14.8 Å². The maximum atomic E-state index is 13.4. The lowest BCUT2D eigenvalue weighted by atomic mass is 10.1. The lowest BCUT2D eigenvalue weighted by Gasteiger charge is -2.24. The minimum atomic E-state index is -4.61. The number of alkyl halides is 3. The SMILES string of the molecule is CCN(CCN(C)C)C(=O)c1cc(C(F)(F)F)ccc1Oc1ccc(-c2cccc(C(O)CO)n2)cc1. The molecular weight excluding hydrogens is 487 g/mol. The second kappa shape index (κ2) is 12.2. The number of nitrogens with zero attached hydrogens (tertiary/aromatic N) is 3. The molecule has 0 radical (unpaired) electrons. The molecule has 198 valence electrons. The third-order valence-electron chi connectivity index (χ3n) is 5.69. The molecule has 7 nitrogen and oxygen atoms in total. The molecule has 0 aliphatic carbocycles. The van der Waals surface area contributed by atoms with Gasteiger partial charge >= 0.3 is 6.18 Å². The van der Waals surface area contributed by atoms with Gasteiger partial charge in [0.05, 0.1) is 29.1 Å². The number of hydrogen-bond acceptors (Lipinski definition) is 6. The van der Waals surface area contributed by atoms with Crippen molar-refractivity contribution in [1.29, 1.82) is 0 Å². The number of benzene rings is 2. The number of hydrogen-bond donors (Lipinski definition) is 2. The molecule has 3 aromatic rings. The van der Waals surface area contributed by atoms with Gasteiger partial charge in [-0.25, -0.2) is 4.98 Å². The van der Waals surface area contributed by atoms with Crippen molar-refractivity contribution < 1.29 is 32.9 Å². The van der Waals surface area contributed by atoms with E-state index in [1.807, 2.05) is 19.0 Å². The van der Waals surface area contributed by atoms with Crippen LogP contribution < -0.4 is 4.74 Å². The van der Waals surface area contributed by atoms with E-state index in [1.54, 1.807) is 49.4 Å². The Morgan fingerprint density at radius 3 is 2.35 bits per heavy atom. The van der Waals surface area contributed by atoms with Crippen molar-refractivity contribution in [2.45, 2.75) is 19.2 Å². The summed E-state index contributed by atoms with van der Waals surface area (Å²) in [5, 5.41) is 19.0. The maximum Gasteiger partial charge on any atom is 0.416 e. The van der Waals surface area contributed by atoms with E-state index >= 15 is 0 Å². The zero-order valence-electron chi connectivity index (χ0n) is 20.9. The van der Waals surface area contributed by atoms with E-state index in [1.165, 1.54) is 4.90 Å². The molecule has 10 heteroatoms. The molecule has 2 N–H and O–H groups in total. The highest BCUT2D eigenvalue weighted by Gasteiger charge is 2.33. The average molecular weight is 518 g/mol. The van der Waals surface area contributed by atoms with Gasteiger partial charge in [-0.15, -0.1) is 0 Å². The van der Waals surface area contributed by atoms with Crippen LogP contribution in [-0.2, 0) is 6.18 Å². The molecule has 1 heterocycles. The van der Waals surface area contributed by atoms with Crippen molar-refractivity contribution in [3.8, 4) is 22.8 Å². The van der Waals surface area contributed by atoms with E-state index in [0.717, 1.165) is 18.2 Å². The second-order valence-corrected chi connectivity index (χ2v) is 8.67. The fourth-order valence-corrected chi connectivity index (χ4v) is 3.57. The quantitative estimate of drug-likeness (QED) is 0.409. The van der Waals surface area contributed by atoms with E-state index < -0.39 is 30.4 Å². The highest BCUT2D eigenvalue weighted by Crippen LogP contribution is 2.35. The molecule has 0 spiro atoms. The second-order valence-electron chi connectivity index (χ2n) is 8.67. The van der Waals surface area contributed by atoms with Crippen molar-refractivity contribution in [2.24, 2.45) is 0 Å². The molecule has 37 heavy (non-hydrogen) atoms. The van der Waals surface area contributed by atoms with E-state index in [4.69, 9.17) is 9.84 Å². The van der Waals surface area contributed by atoms with E-state index in [0.29, 0.717) is 42.3 Å². The minimum absolute atomic E-state index is 0.0141. The Morgan fingerprint density at radius 1 is 1.05 bits per heavy atom. The van der Waals surface area contributed by atoms with Gasteiger partial charge in [0.1, 0.15) is 17.6 Å². The molecule has 1 atom stereocenters. The lowest BCUT2D eigenvalue weighted by Crippen LogP contribution is -2.36. The topological polar surface area (TPSA) is 86.1 Å². The monoisotopic (exact) mass is 517 g/mol. The number of carbonyl (C=O) groups is 1. The number of rotatable bonds is 10. The number of amides is 1. The molecule has 0 bridgehead atoms. The van der Waals surface area contributed by atoms with Gasteiger partial charge in [-0.2, -0.15) is 13.2 Å². The normalized spacial score (nSPS) is 12.5. The summed E-state index contributed by atoms with van der Waals surface area (Å²) >= 11 is 0. The van der Waals surface area contributed by atoms with Crippen LogP contribution in [0.2, 0.25) is 0 Å². The Kier molecular flexibility index (Phi) is 9.25. The first-order valence-electron chi connectivity index (χ1n) is 11.7. The molecular formula is C27H30F3N3O4. The Morgan fingerprint density at radius 2 is 1.76 bits per heavy atom. The standard InChI is InChI=1S/C27H30F3N3O4/c1-4-33(15-14-32(2)3)26(36)21-16-19(27(28,29)30)10-13-25(21)37-20-11-8-18(9-12-20)22-6-5-7-23(31-22)24(35)17-34/h5-13,16,24,34-35H,4,14-15,17H2,1-3H3. The molecule has 2 aromatic carbocycles. The average Bonchev–Trinajstić information content (AvgIpc) is 2.88. The molecule has 0 fully saturated rings. The number of carbonyl (C=O) groups excluding carboxylic acids is 1. The Hall–Kier alpha value is -3.47. The lowest BCUT2D eigenvalue weighted by molar-refractivity contribution is -0.137. The fraction of sp³-hybridized carbons (Fsp3) is 0.333. The van der Waals surface area contributed by atoms with Crippen LogP contribution in [0.1, 0.15) is 34.6 Å². The Bertz CT molecular complexity index is 1200. The number of likely N-dealkylation sites (N-methyl/N-ethyl adjacent to an activating group) is 2. The minimum Gasteiger partial charge on any atom is -0.457 e. The molecule has 1 aromatic heterocycles. The zero-order valence-corrected chi connectivity index (χ0v) is 20.9. The summed E-state index contributed by atoms with van der Waals surface area (Å²) in [6, 6.07) is 14.5. The summed E-state index contributed by atoms with van der Waals surface area (Å²) in [6.45, 7) is 2.55. The number of aliphatic hydroxyl groups is 2. The molecule has 0 saturated heterocycles. The molecule has 0 saturated carbocycles. The first kappa shape index (κ1) is 28.1. The van der Waals surface area contributed by atoms with Crippen LogP contribution in [-0.4, -0.2) is 71.2 Å². The third kappa shape index (κ3) is 7.28. The number of pyridine rings is 1. The highest BCUT2D eigenvalue weighted by molar-refractivity contribution is 5.97. The first-order chi connectivity index (χ1) is 17.5. The molecule has 0 aliphatic rings. The van der Waals surface area contributed by atoms with E-state index in [2.05, 4.69) is 4.98 Å². The van der Waals surface area contributed by atoms with Gasteiger partial charge in [-0.1, -0.05) is 6.07 Å². The fourth-order valence-electron chi connectivity index (χ4n) is 3.57. The Balaban J connectivity index is 1.90. The molecule has 1 unspecified atom stereocenters. The smallest absolute Gasteiger partial charge is 0.416 e. The van der Waals surface area contributed by atoms with Crippen LogP contribution in [0.25, 0.3) is 11.3 Å². The van der Waals surface area contributed by atoms with Crippen LogP contribution in [0.3, 0.4) is 0 Å². The summed E-state index contributed by atoms with van der Waals surface area (Å²) in [5.74, 6) is -0.216. The highest BCUT2D eigenvalue weighted by atomic mass is 19.4. The van der Waals surface area contributed by atoms with E-state index in [-0.39, 0.29) is 11.3 Å². The van der Waals surface area contributed by atoms with Crippen LogP contribution in [0.4, 0.5) is 13.2 Å². The molecule has 0 aliphatic heterocycles. The summed E-state index contributed by atoms with van der Waals surface area (Å²) in [5.41, 5.74) is 0.471. The van der Waals surface area contributed by atoms with Gasteiger partial charge in [0.15, 0.2) is 0 Å². The predicted octanol–water partition coefficient (Wildman–Crippen LogP) is 4.61. The van der Waals surface area contributed by atoms with Crippen LogP contribution in [0.5, 0.6) is 11.5 Å². The number of ether oxygens (including phenoxy) is 1. The summed E-state index contributed by atoms with van der Waals surface area (Å²) in [7, 11) is 3.70. The van der Waals surface area contributed by atoms with E-state index in [9.17, 15) is 23.1 Å². The summed E-state index contributed by atoms with van der Waals surface area (Å²) in [4.78, 5) is 21.0. The van der Waals surface area contributed by atoms with Gasteiger partial charge in [-0.3, -0.25) is 4.79 Å².